The summed E-state index contributed by atoms with van der Waals surface area (Å²) >= 11 is 5.94. The first-order valence-electron chi connectivity index (χ1n) is 5.43. The lowest BCUT2D eigenvalue weighted by Crippen LogP contribution is -1.98. The molecule has 0 aliphatic carbocycles. The molecule has 3 nitrogen and oxygen atoms in total. The maximum absolute atomic E-state index is 5.94. The van der Waals surface area contributed by atoms with Crippen molar-refractivity contribution in [3.8, 4) is 17.3 Å². The molecule has 17 heavy (non-hydrogen) atoms. The summed E-state index contributed by atoms with van der Waals surface area (Å²) < 4.78 is 5.34. The number of ether oxygens (including phenoxy) is 1. The molecule has 0 radical (unpaired) electrons. The molecule has 0 saturated carbocycles. The molecule has 4 heteroatoms. The minimum atomic E-state index is 0.389. The molecular weight excluding hydrogens is 236 g/mol. The zero-order valence-corrected chi connectivity index (χ0v) is 10.5. The number of hydrogen-bond acceptors (Lipinski definition) is 3. The first-order valence-corrected chi connectivity index (χ1v) is 5.81. The molecule has 88 valence electrons. The Kier molecular flexibility index (Phi) is 3.59. The van der Waals surface area contributed by atoms with E-state index in [1.807, 2.05) is 38.1 Å². The first-order chi connectivity index (χ1) is 8.19. The van der Waals surface area contributed by atoms with Crippen LogP contribution in [-0.4, -0.2) is 16.6 Å². The highest BCUT2D eigenvalue weighted by molar-refractivity contribution is 6.29. The molecule has 2 rings (SSSR count). The number of halogens is 1. The van der Waals surface area contributed by atoms with Crippen LogP contribution in [0.2, 0.25) is 5.15 Å². The zero-order chi connectivity index (χ0) is 12.3. The monoisotopic (exact) mass is 248 g/mol. The second-order valence-electron chi connectivity index (χ2n) is 3.66. The predicted octanol–water partition coefficient (Wildman–Crippen LogP) is 3.50. The Morgan fingerprint density at radius 2 is 2.06 bits per heavy atom. The molecule has 0 unspecified atom stereocenters. The van der Waals surface area contributed by atoms with Crippen molar-refractivity contribution in [3.63, 3.8) is 0 Å². The second kappa shape index (κ2) is 5.15. The van der Waals surface area contributed by atoms with Gasteiger partial charge in [-0.05, 0) is 19.9 Å². The van der Waals surface area contributed by atoms with E-state index in [1.54, 1.807) is 6.07 Å². The lowest BCUT2D eigenvalue weighted by Gasteiger charge is -2.06. The van der Waals surface area contributed by atoms with Crippen LogP contribution in [0.15, 0.2) is 30.3 Å². The SMILES string of the molecule is CCOc1cc(Cl)nc(-c2cccc(C)c2)n1. The van der Waals surface area contributed by atoms with Crippen LogP contribution in [0.5, 0.6) is 5.88 Å². The number of aromatic nitrogens is 2. The number of hydrogen-bond donors (Lipinski definition) is 0. The molecule has 0 aliphatic rings. The van der Waals surface area contributed by atoms with Gasteiger partial charge in [-0.2, -0.15) is 4.98 Å². The summed E-state index contributed by atoms with van der Waals surface area (Å²) in [5.74, 6) is 1.09. The van der Waals surface area contributed by atoms with Crippen LogP contribution in [0.4, 0.5) is 0 Å². The second-order valence-corrected chi connectivity index (χ2v) is 4.04. The molecule has 1 heterocycles. The standard InChI is InChI=1S/C13H13ClN2O/c1-3-17-12-8-11(14)15-13(16-12)10-6-4-5-9(2)7-10/h4-8H,3H2,1-2H3. The summed E-state index contributed by atoms with van der Waals surface area (Å²) in [6.45, 7) is 4.49. The van der Waals surface area contributed by atoms with E-state index in [4.69, 9.17) is 16.3 Å². The fraction of sp³-hybridized carbons (Fsp3) is 0.231. The van der Waals surface area contributed by atoms with E-state index in [0.717, 1.165) is 11.1 Å². The van der Waals surface area contributed by atoms with Gasteiger partial charge in [-0.25, -0.2) is 4.98 Å². The van der Waals surface area contributed by atoms with E-state index < -0.39 is 0 Å². The zero-order valence-electron chi connectivity index (χ0n) is 9.77. The highest BCUT2D eigenvalue weighted by atomic mass is 35.5. The minimum absolute atomic E-state index is 0.389. The van der Waals surface area contributed by atoms with Gasteiger partial charge in [0.25, 0.3) is 0 Å². The highest BCUT2D eigenvalue weighted by Gasteiger charge is 2.06. The lowest BCUT2D eigenvalue weighted by molar-refractivity contribution is 0.326. The average Bonchev–Trinajstić information content (AvgIpc) is 2.28. The molecule has 0 bridgehead atoms. The smallest absolute Gasteiger partial charge is 0.218 e. The third-order valence-corrected chi connectivity index (χ3v) is 2.43. The van der Waals surface area contributed by atoms with Crippen LogP contribution in [0.3, 0.4) is 0 Å². The number of nitrogens with zero attached hydrogens (tertiary/aromatic N) is 2. The van der Waals surface area contributed by atoms with Crippen molar-refractivity contribution in [2.45, 2.75) is 13.8 Å². The van der Waals surface area contributed by atoms with Gasteiger partial charge in [0, 0.05) is 11.6 Å². The summed E-state index contributed by atoms with van der Waals surface area (Å²) in [5.41, 5.74) is 2.09. The van der Waals surface area contributed by atoms with Crippen LogP contribution >= 0.6 is 11.6 Å². The fourth-order valence-electron chi connectivity index (χ4n) is 1.53. The van der Waals surface area contributed by atoms with Gasteiger partial charge in [0.1, 0.15) is 5.15 Å². The van der Waals surface area contributed by atoms with Gasteiger partial charge >= 0.3 is 0 Å². The number of rotatable bonds is 3. The average molecular weight is 249 g/mol. The van der Waals surface area contributed by atoms with Crippen LogP contribution in [0.25, 0.3) is 11.4 Å². The summed E-state index contributed by atoms with van der Waals surface area (Å²) in [5, 5.41) is 0.389. The molecule has 2 aromatic rings. The fourth-order valence-corrected chi connectivity index (χ4v) is 1.71. The molecule has 0 atom stereocenters. The summed E-state index contributed by atoms with van der Waals surface area (Å²) in [4.78, 5) is 8.52. The number of benzene rings is 1. The van der Waals surface area contributed by atoms with E-state index >= 15 is 0 Å². The quantitative estimate of drug-likeness (QED) is 0.780. The van der Waals surface area contributed by atoms with Crippen LogP contribution < -0.4 is 4.74 Å². The normalized spacial score (nSPS) is 10.3. The maximum atomic E-state index is 5.94. The largest absolute Gasteiger partial charge is 0.478 e. The Balaban J connectivity index is 2.44. The first kappa shape index (κ1) is 11.9. The van der Waals surface area contributed by atoms with Gasteiger partial charge < -0.3 is 4.74 Å². The van der Waals surface area contributed by atoms with Crippen molar-refractivity contribution >= 4 is 11.6 Å². The number of aryl methyl sites for hydroxylation is 1. The van der Waals surface area contributed by atoms with Crippen molar-refractivity contribution in [3.05, 3.63) is 41.0 Å². The van der Waals surface area contributed by atoms with Crippen molar-refractivity contribution in [1.29, 1.82) is 0 Å². The van der Waals surface area contributed by atoms with Gasteiger partial charge in [-0.1, -0.05) is 35.4 Å². The van der Waals surface area contributed by atoms with E-state index in [1.165, 1.54) is 0 Å². The van der Waals surface area contributed by atoms with E-state index in [-0.39, 0.29) is 0 Å². The van der Waals surface area contributed by atoms with Gasteiger partial charge in [-0.15, -0.1) is 0 Å². The van der Waals surface area contributed by atoms with Gasteiger partial charge in [0.05, 0.1) is 6.61 Å². The maximum Gasteiger partial charge on any atom is 0.218 e. The molecule has 0 amide bonds. The van der Waals surface area contributed by atoms with Gasteiger partial charge in [-0.3, -0.25) is 0 Å². The van der Waals surface area contributed by atoms with Gasteiger partial charge in [0.15, 0.2) is 5.82 Å². The highest BCUT2D eigenvalue weighted by Crippen LogP contribution is 2.22. The van der Waals surface area contributed by atoms with Crippen molar-refractivity contribution in [1.82, 2.24) is 9.97 Å². The predicted molar refractivity (Wildman–Crippen MR) is 68.4 cm³/mol. The van der Waals surface area contributed by atoms with Crippen molar-refractivity contribution in [2.75, 3.05) is 6.61 Å². The molecule has 1 aromatic heterocycles. The van der Waals surface area contributed by atoms with Crippen LogP contribution in [0.1, 0.15) is 12.5 Å². The minimum Gasteiger partial charge on any atom is -0.478 e. The molecule has 0 aliphatic heterocycles. The Labute approximate surface area is 105 Å². The summed E-state index contributed by atoms with van der Waals surface area (Å²) in [6.07, 6.45) is 0. The third-order valence-electron chi connectivity index (χ3n) is 2.24. The third kappa shape index (κ3) is 2.94. The van der Waals surface area contributed by atoms with Crippen molar-refractivity contribution < 1.29 is 4.74 Å². The summed E-state index contributed by atoms with van der Waals surface area (Å²) in [6, 6.07) is 9.58. The van der Waals surface area contributed by atoms with E-state index in [0.29, 0.717) is 23.5 Å². The Bertz CT molecular complexity index is 529. The molecule has 0 N–H and O–H groups in total. The van der Waals surface area contributed by atoms with E-state index in [9.17, 15) is 0 Å². The molecule has 0 saturated heterocycles. The van der Waals surface area contributed by atoms with E-state index in [2.05, 4.69) is 9.97 Å². The van der Waals surface area contributed by atoms with Gasteiger partial charge in [0.2, 0.25) is 5.88 Å². The molecular formula is C13H13ClN2O. The molecule has 0 fully saturated rings. The molecule has 0 spiro atoms. The Morgan fingerprint density at radius 3 is 2.76 bits per heavy atom. The topological polar surface area (TPSA) is 35.0 Å². The lowest BCUT2D eigenvalue weighted by atomic mass is 10.1. The Morgan fingerprint density at radius 1 is 1.24 bits per heavy atom. The van der Waals surface area contributed by atoms with Crippen LogP contribution in [-0.2, 0) is 0 Å². The summed E-state index contributed by atoms with van der Waals surface area (Å²) in [7, 11) is 0. The van der Waals surface area contributed by atoms with Crippen molar-refractivity contribution in [2.24, 2.45) is 0 Å². The molecule has 1 aromatic carbocycles. The Hall–Kier alpha value is -1.61. The van der Waals surface area contributed by atoms with Crippen LogP contribution in [0, 0.1) is 6.92 Å².